The number of furan rings is 1. The van der Waals surface area contributed by atoms with E-state index < -0.39 is 0 Å². The van der Waals surface area contributed by atoms with Crippen LogP contribution in [0.15, 0.2) is 192 Å². The van der Waals surface area contributed by atoms with Gasteiger partial charge in [-0.1, -0.05) is 121 Å². The second-order valence-corrected chi connectivity index (χ2v) is 13.0. The van der Waals surface area contributed by atoms with E-state index in [1.807, 2.05) is 12.1 Å². The smallest absolute Gasteiger partial charge is 0.136 e. The van der Waals surface area contributed by atoms with Gasteiger partial charge in [0.1, 0.15) is 11.2 Å². The number of rotatable bonds is 5. The number of nitrogens with zero attached hydrogens (tertiary/aromatic N) is 1. The van der Waals surface area contributed by atoms with Gasteiger partial charge < -0.3 is 9.32 Å². The lowest BCUT2D eigenvalue weighted by Gasteiger charge is -2.26. The van der Waals surface area contributed by atoms with Crippen molar-refractivity contribution >= 4 is 71.3 Å². The molecule has 0 saturated carbocycles. The van der Waals surface area contributed by atoms with Crippen molar-refractivity contribution in [3.63, 3.8) is 0 Å². The predicted molar refractivity (Wildman–Crippen MR) is 212 cm³/mol. The molecule has 0 radical (unpaired) electrons. The average Bonchev–Trinajstić information content (AvgIpc) is 3.57. The highest BCUT2D eigenvalue weighted by molar-refractivity contribution is 6.19. The lowest BCUT2D eigenvalue weighted by Crippen LogP contribution is -2.09. The van der Waals surface area contributed by atoms with Crippen LogP contribution in [0.25, 0.3) is 76.5 Å². The van der Waals surface area contributed by atoms with E-state index in [0.717, 1.165) is 39.0 Å². The maximum Gasteiger partial charge on any atom is 0.136 e. The summed E-state index contributed by atoms with van der Waals surface area (Å²) in [7, 11) is 0. The third kappa shape index (κ3) is 4.81. The van der Waals surface area contributed by atoms with Crippen LogP contribution >= 0.6 is 0 Å². The van der Waals surface area contributed by atoms with Gasteiger partial charge >= 0.3 is 0 Å². The van der Waals surface area contributed by atoms with Gasteiger partial charge in [-0.05, 0) is 121 Å². The van der Waals surface area contributed by atoms with Gasteiger partial charge in [0.2, 0.25) is 0 Å². The fourth-order valence-electron chi connectivity index (χ4n) is 7.47. The molecule has 0 aliphatic rings. The molecule has 0 bridgehead atoms. The molecule has 0 N–H and O–H groups in total. The maximum atomic E-state index is 6.24. The molecule has 0 aliphatic carbocycles. The second-order valence-electron chi connectivity index (χ2n) is 13.0. The molecule has 0 saturated heterocycles. The summed E-state index contributed by atoms with van der Waals surface area (Å²) in [6.07, 6.45) is 0. The zero-order valence-corrected chi connectivity index (χ0v) is 27.3. The topological polar surface area (TPSA) is 16.4 Å². The molecular formula is C48H31NO. The molecule has 1 aromatic heterocycles. The van der Waals surface area contributed by atoms with Crippen LogP contribution in [0.5, 0.6) is 0 Å². The molecule has 0 spiro atoms. The number of benzene rings is 9. The molecule has 0 unspecified atom stereocenters. The number of hydrogen-bond acceptors (Lipinski definition) is 2. The molecule has 10 aromatic rings. The molecule has 2 nitrogen and oxygen atoms in total. The van der Waals surface area contributed by atoms with Gasteiger partial charge in [0, 0.05) is 27.8 Å². The van der Waals surface area contributed by atoms with Crippen molar-refractivity contribution in [2.24, 2.45) is 0 Å². The molecule has 0 atom stereocenters. The van der Waals surface area contributed by atoms with Crippen LogP contribution in [0.2, 0.25) is 0 Å². The SMILES string of the molecule is c1ccc(N(c2ccc(-c3ccc4ccc(-c5ccc6ccccc6c5)cc4c3)cc2)c2ccc3ccc4oc5ccccc5c4c3c2)cc1. The number of anilines is 3. The fourth-order valence-corrected chi connectivity index (χ4v) is 7.47. The molecule has 50 heavy (non-hydrogen) atoms. The summed E-state index contributed by atoms with van der Waals surface area (Å²) in [6.45, 7) is 0. The van der Waals surface area contributed by atoms with E-state index in [-0.39, 0.29) is 0 Å². The maximum absolute atomic E-state index is 6.24. The fraction of sp³-hybridized carbons (Fsp3) is 0. The largest absolute Gasteiger partial charge is 0.456 e. The molecule has 0 fully saturated rings. The first kappa shape index (κ1) is 28.4. The zero-order chi connectivity index (χ0) is 33.0. The quantitative estimate of drug-likeness (QED) is 0.187. The van der Waals surface area contributed by atoms with Crippen LogP contribution in [0.3, 0.4) is 0 Å². The van der Waals surface area contributed by atoms with E-state index in [0.29, 0.717) is 0 Å². The first-order valence-corrected chi connectivity index (χ1v) is 17.1. The highest BCUT2D eigenvalue weighted by Gasteiger charge is 2.16. The average molecular weight is 638 g/mol. The molecule has 234 valence electrons. The van der Waals surface area contributed by atoms with Gasteiger partial charge in [0.15, 0.2) is 0 Å². The minimum atomic E-state index is 0.909. The Morgan fingerprint density at radius 1 is 0.300 bits per heavy atom. The van der Waals surface area contributed by atoms with Crippen molar-refractivity contribution in [3.8, 4) is 22.3 Å². The first-order valence-electron chi connectivity index (χ1n) is 17.1. The monoisotopic (exact) mass is 637 g/mol. The van der Waals surface area contributed by atoms with Crippen molar-refractivity contribution in [3.05, 3.63) is 188 Å². The third-order valence-electron chi connectivity index (χ3n) is 10.00. The van der Waals surface area contributed by atoms with E-state index in [9.17, 15) is 0 Å². The molecule has 10 rings (SSSR count). The van der Waals surface area contributed by atoms with Crippen LogP contribution in [0.4, 0.5) is 17.1 Å². The Hall–Kier alpha value is -6.64. The molecule has 2 heteroatoms. The number of hydrogen-bond donors (Lipinski definition) is 0. The molecular weight excluding hydrogens is 607 g/mol. The standard InChI is InChI=1S/C48H31NO/c1-2-10-41(11-3-1)49(43-26-22-35-23-27-47-48(45(35)31-43)44-12-6-7-13-46(44)50-47)42-24-20-33(21-25-42)37-17-15-34-16-19-39(30-40(34)29-37)38-18-14-32-8-4-5-9-36(32)28-38/h1-31H. The van der Waals surface area contributed by atoms with E-state index in [1.54, 1.807) is 0 Å². The Kier molecular flexibility index (Phi) is 6.53. The molecule has 0 amide bonds. The van der Waals surface area contributed by atoms with E-state index in [2.05, 4.69) is 181 Å². The van der Waals surface area contributed by atoms with Crippen LogP contribution in [0.1, 0.15) is 0 Å². The predicted octanol–water partition coefficient (Wildman–Crippen LogP) is 13.8. The highest BCUT2D eigenvalue weighted by Crippen LogP contribution is 2.41. The van der Waals surface area contributed by atoms with Crippen LogP contribution in [-0.4, -0.2) is 0 Å². The Labute approximate surface area is 290 Å². The van der Waals surface area contributed by atoms with Crippen LogP contribution < -0.4 is 4.90 Å². The first-order chi connectivity index (χ1) is 24.7. The molecule has 1 heterocycles. The van der Waals surface area contributed by atoms with Crippen molar-refractivity contribution < 1.29 is 4.42 Å². The minimum Gasteiger partial charge on any atom is -0.456 e. The van der Waals surface area contributed by atoms with Gasteiger partial charge in [0.05, 0.1) is 0 Å². The van der Waals surface area contributed by atoms with Crippen LogP contribution in [-0.2, 0) is 0 Å². The molecule has 9 aromatic carbocycles. The third-order valence-corrected chi connectivity index (χ3v) is 10.00. The summed E-state index contributed by atoms with van der Waals surface area (Å²) < 4.78 is 6.24. The van der Waals surface area contributed by atoms with E-state index in [4.69, 9.17) is 4.42 Å². The lowest BCUT2D eigenvalue weighted by molar-refractivity contribution is 0.669. The Morgan fingerprint density at radius 3 is 1.62 bits per heavy atom. The Bertz CT molecular complexity index is 2870. The van der Waals surface area contributed by atoms with Gasteiger partial charge in [-0.3, -0.25) is 0 Å². The summed E-state index contributed by atoms with van der Waals surface area (Å²) >= 11 is 0. The summed E-state index contributed by atoms with van der Waals surface area (Å²) in [6, 6.07) is 67.6. The van der Waals surface area contributed by atoms with Gasteiger partial charge in [-0.2, -0.15) is 0 Å². The van der Waals surface area contributed by atoms with Crippen molar-refractivity contribution in [2.75, 3.05) is 4.90 Å². The van der Waals surface area contributed by atoms with E-state index in [1.165, 1.54) is 54.6 Å². The highest BCUT2D eigenvalue weighted by atomic mass is 16.3. The van der Waals surface area contributed by atoms with E-state index >= 15 is 0 Å². The Morgan fingerprint density at radius 2 is 0.840 bits per heavy atom. The van der Waals surface area contributed by atoms with Gasteiger partial charge in [0.25, 0.3) is 0 Å². The zero-order valence-electron chi connectivity index (χ0n) is 27.3. The summed E-state index contributed by atoms with van der Waals surface area (Å²) in [5.74, 6) is 0. The van der Waals surface area contributed by atoms with Crippen molar-refractivity contribution in [1.29, 1.82) is 0 Å². The summed E-state index contributed by atoms with van der Waals surface area (Å²) in [4.78, 5) is 2.33. The summed E-state index contributed by atoms with van der Waals surface area (Å²) in [5.41, 5.74) is 9.97. The van der Waals surface area contributed by atoms with Crippen LogP contribution in [0, 0.1) is 0 Å². The van der Waals surface area contributed by atoms with Crippen molar-refractivity contribution in [2.45, 2.75) is 0 Å². The van der Waals surface area contributed by atoms with Gasteiger partial charge in [-0.25, -0.2) is 0 Å². The summed E-state index contributed by atoms with van der Waals surface area (Å²) in [5, 5.41) is 9.66. The normalized spacial score (nSPS) is 11.6. The lowest BCUT2D eigenvalue weighted by atomic mass is 9.96. The number of fused-ring (bicyclic) bond motifs is 7. The minimum absolute atomic E-state index is 0.909. The number of para-hydroxylation sites is 2. The molecule has 0 aliphatic heterocycles. The Balaban J connectivity index is 1.04. The van der Waals surface area contributed by atoms with Gasteiger partial charge in [-0.15, -0.1) is 0 Å². The van der Waals surface area contributed by atoms with Crippen molar-refractivity contribution in [1.82, 2.24) is 0 Å². The second kappa shape index (κ2) is 11.5.